The van der Waals surface area contributed by atoms with Crippen molar-refractivity contribution in [2.75, 3.05) is 0 Å². The molecule has 0 radical (unpaired) electrons. The first kappa shape index (κ1) is 28.0. The summed E-state index contributed by atoms with van der Waals surface area (Å²) in [5.41, 5.74) is -0.478. The van der Waals surface area contributed by atoms with Gasteiger partial charge in [-0.2, -0.15) is 0 Å². The van der Waals surface area contributed by atoms with Gasteiger partial charge in [-0.1, -0.05) is 34.1 Å². The zero-order valence-electron chi connectivity index (χ0n) is 22.0. The number of ketones is 1. The summed E-state index contributed by atoms with van der Waals surface area (Å²) < 4.78 is 11.9. The third-order valence-electron chi connectivity index (χ3n) is 7.94. The van der Waals surface area contributed by atoms with Gasteiger partial charge in [0.15, 0.2) is 0 Å². The Labute approximate surface area is 212 Å². The smallest absolute Gasteiger partial charge is 0.309 e. The molecule has 0 unspecified atom stereocenters. The van der Waals surface area contributed by atoms with Crippen LogP contribution in [-0.4, -0.2) is 57.0 Å². The number of Topliss-reactive ketones (excluding diaryl/α,β-unsaturated/α-hetero) is 1. The molecule has 1 aromatic rings. The number of carbonyl (C=O) groups excluding carboxylic acids is 2. The van der Waals surface area contributed by atoms with E-state index in [0.29, 0.717) is 6.42 Å². The Bertz CT molecular complexity index is 955. The number of aliphatic hydroxyl groups is 2. The van der Waals surface area contributed by atoms with E-state index in [4.69, 9.17) is 9.47 Å². The van der Waals surface area contributed by atoms with Crippen molar-refractivity contribution in [2.45, 2.75) is 111 Å². The lowest BCUT2D eigenvalue weighted by Gasteiger charge is -2.35. The highest BCUT2D eigenvalue weighted by atomic mass is 32.1. The van der Waals surface area contributed by atoms with Crippen LogP contribution in [0.2, 0.25) is 0 Å². The topological polar surface area (TPSA) is 109 Å². The van der Waals surface area contributed by atoms with Gasteiger partial charge < -0.3 is 19.7 Å². The standard InChI is InChI=1S/C27H41NO6S/c1-15-9-8-10-20-21(33-20)13-27(7,16(2)11-19-14-35-18(4)28-19)34-23(30)12-22(29)26(5,6)25(32)17(3)24(15)31/h11,14-15,17,20-22,24,29,31H,8-10,12-13H2,1-7H3/b16-11+/t15-,17+,20+,21+,22-,24-,27-/m1/s1. The van der Waals surface area contributed by atoms with Crippen LogP contribution in [0, 0.1) is 24.2 Å². The van der Waals surface area contributed by atoms with Crippen LogP contribution in [0.25, 0.3) is 6.08 Å². The van der Waals surface area contributed by atoms with Crippen molar-refractivity contribution in [1.29, 1.82) is 0 Å². The minimum absolute atomic E-state index is 0.0247. The van der Waals surface area contributed by atoms with E-state index < -0.39 is 35.1 Å². The second-order valence-electron chi connectivity index (χ2n) is 11.2. The summed E-state index contributed by atoms with van der Waals surface area (Å²) in [5.74, 6) is -1.55. The van der Waals surface area contributed by atoms with Gasteiger partial charge >= 0.3 is 5.97 Å². The van der Waals surface area contributed by atoms with Gasteiger partial charge in [0.1, 0.15) is 11.4 Å². The van der Waals surface area contributed by atoms with Crippen LogP contribution < -0.4 is 0 Å². The van der Waals surface area contributed by atoms with Crippen LogP contribution >= 0.6 is 11.3 Å². The number of aryl methyl sites for hydroxylation is 1. The number of cyclic esters (lactones) is 1. The van der Waals surface area contributed by atoms with Gasteiger partial charge in [-0.15, -0.1) is 11.3 Å². The van der Waals surface area contributed by atoms with Crippen molar-refractivity contribution in [2.24, 2.45) is 17.3 Å². The molecular formula is C27H41NO6S. The minimum Gasteiger partial charge on any atom is -0.455 e. The predicted octanol–water partition coefficient (Wildman–Crippen LogP) is 4.48. The average Bonchev–Trinajstić information content (AvgIpc) is 3.37. The molecule has 2 saturated heterocycles. The van der Waals surface area contributed by atoms with Crippen molar-refractivity contribution in [3.63, 3.8) is 0 Å². The van der Waals surface area contributed by atoms with Crippen LogP contribution in [0.1, 0.15) is 84.3 Å². The van der Waals surface area contributed by atoms with Gasteiger partial charge in [0.05, 0.1) is 47.0 Å². The van der Waals surface area contributed by atoms with Gasteiger partial charge in [0.2, 0.25) is 0 Å². The Morgan fingerprint density at radius 2 is 1.86 bits per heavy atom. The molecule has 0 amide bonds. The number of thiazole rings is 1. The van der Waals surface area contributed by atoms with E-state index in [1.165, 1.54) is 0 Å². The van der Waals surface area contributed by atoms with Gasteiger partial charge in [0, 0.05) is 17.7 Å². The van der Waals surface area contributed by atoms with Gasteiger partial charge in [0.25, 0.3) is 0 Å². The highest BCUT2D eigenvalue weighted by Crippen LogP contribution is 2.40. The molecule has 0 saturated carbocycles. The fraction of sp³-hybridized carbons (Fsp3) is 0.741. The lowest BCUT2D eigenvalue weighted by atomic mass is 9.73. The van der Waals surface area contributed by atoms with Gasteiger partial charge in [-0.05, 0) is 51.2 Å². The van der Waals surface area contributed by atoms with E-state index in [-0.39, 0.29) is 30.3 Å². The van der Waals surface area contributed by atoms with Crippen LogP contribution in [0.15, 0.2) is 11.0 Å². The van der Waals surface area contributed by atoms with Crippen molar-refractivity contribution < 1.29 is 29.3 Å². The number of rotatable bonds is 2. The molecule has 2 aliphatic heterocycles. The zero-order valence-corrected chi connectivity index (χ0v) is 22.9. The molecule has 7 atom stereocenters. The Hall–Kier alpha value is -1.61. The van der Waals surface area contributed by atoms with Gasteiger partial charge in [-0.25, -0.2) is 4.98 Å². The molecule has 2 N–H and O–H groups in total. The SMILES string of the molecule is C/C(=C\c1csc(C)n1)[C@@]1(C)C[C@@H]2O[C@H]2CCC[C@@H](C)[C@@H](O)[C@H](C)C(=O)C(C)(C)[C@H](O)CC(=O)O1. The molecule has 3 rings (SSSR count). The number of nitrogens with zero attached hydrogens (tertiary/aromatic N) is 1. The highest BCUT2D eigenvalue weighted by Gasteiger charge is 2.47. The molecule has 0 spiro atoms. The summed E-state index contributed by atoms with van der Waals surface area (Å²) in [6.07, 6.45) is 2.64. The second-order valence-corrected chi connectivity index (χ2v) is 12.3. The first-order chi connectivity index (χ1) is 16.2. The number of fused-ring (bicyclic) bond motifs is 1. The summed E-state index contributed by atoms with van der Waals surface area (Å²) in [5, 5.41) is 24.6. The molecule has 196 valence electrons. The summed E-state index contributed by atoms with van der Waals surface area (Å²) in [6.45, 7) is 12.6. The molecule has 2 aliphatic rings. The fourth-order valence-electron chi connectivity index (χ4n) is 5.02. The maximum absolute atomic E-state index is 13.2. The average molecular weight is 508 g/mol. The number of carbonyl (C=O) groups is 2. The third-order valence-corrected chi connectivity index (χ3v) is 8.73. The first-order valence-corrected chi connectivity index (χ1v) is 13.5. The molecule has 8 heteroatoms. The fourth-order valence-corrected chi connectivity index (χ4v) is 5.59. The van der Waals surface area contributed by atoms with Crippen LogP contribution in [0.5, 0.6) is 0 Å². The third kappa shape index (κ3) is 6.59. The van der Waals surface area contributed by atoms with E-state index >= 15 is 0 Å². The van der Waals surface area contributed by atoms with Gasteiger partial charge in [-0.3, -0.25) is 9.59 Å². The van der Waals surface area contributed by atoms with Crippen molar-refractivity contribution in [3.05, 3.63) is 21.7 Å². The van der Waals surface area contributed by atoms with Crippen molar-refractivity contribution in [1.82, 2.24) is 4.98 Å². The normalized spacial score (nSPS) is 37.5. The Kier molecular flexibility index (Phi) is 8.62. The van der Waals surface area contributed by atoms with E-state index in [1.54, 1.807) is 32.1 Å². The molecule has 3 heterocycles. The summed E-state index contributed by atoms with van der Waals surface area (Å²) in [6, 6.07) is 0. The number of hydrogen-bond acceptors (Lipinski definition) is 8. The van der Waals surface area contributed by atoms with E-state index in [9.17, 15) is 19.8 Å². The Morgan fingerprint density at radius 3 is 2.49 bits per heavy atom. The highest BCUT2D eigenvalue weighted by molar-refractivity contribution is 7.09. The summed E-state index contributed by atoms with van der Waals surface area (Å²) in [4.78, 5) is 30.8. The second kappa shape index (κ2) is 10.8. The molecule has 1 aromatic heterocycles. The number of hydrogen-bond donors (Lipinski definition) is 2. The van der Waals surface area contributed by atoms with Crippen LogP contribution in [0.3, 0.4) is 0 Å². The van der Waals surface area contributed by atoms with E-state index in [0.717, 1.165) is 35.5 Å². The quantitative estimate of drug-likeness (QED) is 0.449. The Balaban J connectivity index is 1.87. The maximum Gasteiger partial charge on any atom is 0.309 e. The monoisotopic (exact) mass is 507 g/mol. The molecule has 0 aliphatic carbocycles. The van der Waals surface area contributed by atoms with Crippen LogP contribution in [0.4, 0.5) is 0 Å². The van der Waals surface area contributed by atoms with E-state index in [2.05, 4.69) is 4.98 Å². The molecular weight excluding hydrogens is 466 g/mol. The molecule has 0 aromatic carbocycles. The predicted molar refractivity (Wildman–Crippen MR) is 136 cm³/mol. The first-order valence-electron chi connectivity index (χ1n) is 12.6. The van der Waals surface area contributed by atoms with Crippen molar-refractivity contribution in [3.8, 4) is 0 Å². The Morgan fingerprint density at radius 1 is 1.17 bits per heavy atom. The molecule has 2 fully saturated rings. The minimum atomic E-state index is -1.24. The molecule has 7 nitrogen and oxygen atoms in total. The maximum atomic E-state index is 13.2. The molecule has 0 bridgehead atoms. The largest absolute Gasteiger partial charge is 0.455 e. The number of epoxide rings is 1. The lowest BCUT2D eigenvalue weighted by molar-refractivity contribution is -0.161. The number of ether oxygens (including phenoxy) is 2. The number of aromatic nitrogens is 1. The van der Waals surface area contributed by atoms with E-state index in [1.807, 2.05) is 39.2 Å². The van der Waals surface area contributed by atoms with Crippen LogP contribution in [-0.2, 0) is 19.1 Å². The lowest BCUT2D eigenvalue weighted by Crippen LogP contribution is -2.46. The zero-order chi connectivity index (χ0) is 26.1. The van der Waals surface area contributed by atoms with Crippen molar-refractivity contribution >= 4 is 29.2 Å². The summed E-state index contributed by atoms with van der Waals surface area (Å²) >= 11 is 1.56. The number of aliphatic hydroxyl groups excluding tert-OH is 2. The molecule has 35 heavy (non-hydrogen) atoms. The summed E-state index contributed by atoms with van der Waals surface area (Å²) in [7, 11) is 0. The number of esters is 1.